The van der Waals surface area contributed by atoms with Gasteiger partial charge in [-0.2, -0.15) is 0 Å². The summed E-state index contributed by atoms with van der Waals surface area (Å²) in [4.78, 5) is 28.8. The molecule has 0 aliphatic carbocycles. The number of carbonyl (C=O) groups is 1. The molecule has 8 heteroatoms. The van der Waals surface area contributed by atoms with E-state index < -0.39 is 5.25 Å². The van der Waals surface area contributed by atoms with E-state index in [9.17, 15) is 9.59 Å². The highest BCUT2D eigenvalue weighted by Crippen LogP contribution is 2.24. The van der Waals surface area contributed by atoms with Crippen molar-refractivity contribution in [2.75, 3.05) is 20.8 Å². The van der Waals surface area contributed by atoms with Crippen LogP contribution in [0.1, 0.15) is 6.92 Å². The molecule has 0 N–H and O–H groups in total. The fourth-order valence-electron chi connectivity index (χ4n) is 2.02. The van der Waals surface area contributed by atoms with E-state index in [0.29, 0.717) is 34.2 Å². The van der Waals surface area contributed by atoms with Gasteiger partial charge in [-0.1, -0.05) is 23.4 Å². The molecule has 0 amide bonds. The highest BCUT2D eigenvalue weighted by Gasteiger charge is 2.19. The molecule has 2 rings (SSSR count). The van der Waals surface area contributed by atoms with Gasteiger partial charge in [-0.25, -0.2) is 4.98 Å². The van der Waals surface area contributed by atoms with Crippen LogP contribution in [0.3, 0.4) is 0 Å². The van der Waals surface area contributed by atoms with Crippen LogP contribution in [-0.2, 0) is 20.8 Å². The van der Waals surface area contributed by atoms with Gasteiger partial charge in [0.05, 0.1) is 31.2 Å². The Hall–Kier alpha value is -1.57. The van der Waals surface area contributed by atoms with Crippen LogP contribution >= 0.6 is 23.4 Å². The quantitative estimate of drug-likeness (QED) is 0.449. The first-order valence-corrected chi connectivity index (χ1v) is 8.17. The molecule has 1 atom stereocenters. The lowest BCUT2D eigenvalue weighted by molar-refractivity contribution is -0.139. The number of hydrogen-bond donors (Lipinski definition) is 0. The molecule has 0 aliphatic rings. The van der Waals surface area contributed by atoms with Gasteiger partial charge in [0.25, 0.3) is 5.56 Å². The second-order valence-electron chi connectivity index (χ2n) is 4.79. The molecule has 1 aromatic carbocycles. The van der Waals surface area contributed by atoms with Crippen molar-refractivity contribution in [1.29, 1.82) is 0 Å². The summed E-state index contributed by atoms with van der Waals surface area (Å²) < 4.78 is 11.3. The predicted molar refractivity (Wildman–Crippen MR) is 90.2 cm³/mol. The molecular formula is C15H17ClN2O4S. The van der Waals surface area contributed by atoms with Gasteiger partial charge in [-0.15, -0.1) is 0 Å². The highest BCUT2D eigenvalue weighted by molar-refractivity contribution is 8.00. The number of aromatic nitrogens is 2. The Morgan fingerprint density at radius 3 is 2.83 bits per heavy atom. The van der Waals surface area contributed by atoms with E-state index >= 15 is 0 Å². The number of nitrogens with zero attached hydrogens (tertiary/aromatic N) is 2. The van der Waals surface area contributed by atoms with E-state index in [1.54, 1.807) is 32.2 Å². The number of fused-ring (bicyclic) bond motifs is 1. The van der Waals surface area contributed by atoms with Crippen LogP contribution in [0.2, 0.25) is 5.02 Å². The number of methoxy groups -OCH3 is 2. The Bertz CT molecular complexity index is 778. The Kier molecular flexibility index (Phi) is 6.04. The number of ether oxygens (including phenoxy) is 2. The van der Waals surface area contributed by atoms with Crippen LogP contribution < -0.4 is 5.56 Å². The summed E-state index contributed by atoms with van der Waals surface area (Å²) in [5.74, 6) is -0.381. The predicted octanol–water partition coefficient (Wildman–Crippen LogP) is 2.35. The van der Waals surface area contributed by atoms with Gasteiger partial charge in [0.15, 0.2) is 5.16 Å². The van der Waals surface area contributed by atoms with Crippen molar-refractivity contribution in [1.82, 2.24) is 9.55 Å². The summed E-state index contributed by atoms with van der Waals surface area (Å²) in [6.45, 7) is 2.41. The number of halogens is 1. The first-order valence-electron chi connectivity index (χ1n) is 6.91. The topological polar surface area (TPSA) is 70.4 Å². The zero-order chi connectivity index (χ0) is 17.0. The maximum atomic E-state index is 12.7. The smallest absolute Gasteiger partial charge is 0.318 e. The van der Waals surface area contributed by atoms with Gasteiger partial charge in [-0.05, 0) is 25.1 Å². The third kappa shape index (κ3) is 4.04. The van der Waals surface area contributed by atoms with E-state index in [1.165, 1.54) is 23.4 Å². The lowest BCUT2D eigenvalue weighted by atomic mass is 10.2. The van der Waals surface area contributed by atoms with Gasteiger partial charge in [-0.3, -0.25) is 14.2 Å². The van der Waals surface area contributed by atoms with E-state index in [-0.39, 0.29) is 11.5 Å². The number of carbonyl (C=O) groups excluding carboxylic acids is 1. The minimum Gasteiger partial charge on any atom is -0.468 e. The normalized spacial score (nSPS) is 12.3. The van der Waals surface area contributed by atoms with Crippen LogP contribution in [0.5, 0.6) is 0 Å². The lowest BCUT2D eigenvalue weighted by Crippen LogP contribution is -2.26. The van der Waals surface area contributed by atoms with Crippen LogP contribution in [0, 0.1) is 0 Å². The second kappa shape index (κ2) is 7.81. The van der Waals surface area contributed by atoms with Crippen molar-refractivity contribution < 1.29 is 14.3 Å². The number of benzene rings is 1. The summed E-state index contributed by atoms with van der Waals surface area (Å²) in [5.41, 5.74) is 0.305. The Morgan fingerprint density at radius 1 is 1.43 bits per heavy atom. The summed E-state index contributed by atoms with van der Waals surface area (Å²) in [6, 6.07) is 4.93. The van der Waals surface area contributed by atoms with Crippen molar-refractivity contribution in [3.05, 3.63) is 33.6 Å². The van der Waals surface area contributed by atoms with Gasteiger partial charge < -0.3 is 9.47 Å². The minimum atomic E-state index is -0.489. The molecule has 0 fully saturated rings. The summed E-state index contributed by atoms with van der Waals surface area (Å²) in [7, 11) is 2.88. The molecule has 0 saturated heterocycles. The number of esters is 1. The molecular weight excluding hydrogens is 340 g/mol. The Labute approximate surface area is 142 Å². The fraction of sp³-hybridized carbons (Fsp3) is 0.400. The first-order chi connectivity index (χ1) is 11.0. The van der Waals surface area contributed by atoms with Gasteiger partial charge in [0, 0.05) is 12.1 Å². The molecule has 0 bridgehead atoms. The molecule has 23 heavy (non-hydrogen) atoms. The summed E-state index contributed by atoms with van der Waals surface area (Å²) in [5, 5.41) is 0.911. The van der Waals surface area contributed by atoms with E-state index in [2.05, 4.69) is 4.98 Å². The van der Waals surface area contributed by atoms with Gasteiger partial charge >= 0.3 is 5.97 Å². The van der Waals surface area contributed by atoms with Crippen molar-refractivity contribution in [2.45, 2.75) is 23.9 Å². The monoisotopic (exact) mass is 356 g/mol. The lowest BCUT2D eigenvalue weighted by Gasteiger charge is -2.15. The molecule has 0 saturated carbocycles. The Balaban J connectivity index is 2.54. The molecule has 1 unspecified atom stereocenters. The third-order valence-corrected chi connectivity index (χ3v) is 4.52. The van der Waals surface area contributed by atoms with Gasteiger partial charge in [0.1, 0.15) is 5.25 Å². The van der Waals surface area contributed by atoms with Crippen LogP contribution in [0.15, 0.2) is 28.2 Å². The molecule has 1 heterocycles. The Morgan fingerprint density at radius 2 is 2.17 bits per heavy atom. The second-order valence-corrected chi connectivity index (χ2v) is 6.53. The number of thioether (sulfide) groups is 1. The third-order valence-electron chi connectivity index (χ3n) is 3.22. The van der Waals surface area contributed by atoms with Crippen molar-refractivity contribution in [2.24, 2.45) is 0 Å². The van der Waals surface area contributed by atoms with E-state index in [1.807, 2.05) is 0 Å². The standard InChI is InChI=1S/C15H17ClN2O4S/c1-9(14(20)22-3)23-15-17-12-8-10(16)4-5-11(12)13(19)18(15)6-7-21-2/h4-5,8-9H,6-7H2,1-3H3. The van der Waals surface area contributed by atoms with Crippen LogP contribution in [0.4, 0.5) is 0 Å². The average Bonchev–Trinajstić information content (AvgIpc) is 2.53. The average molecular weight is 357 g/mol. The van der Waals surface area contributed by atoms with Crippen molar-refractivity contribution in [3.63, 3.8) is 0 Å². The van der Waals surface area contributed by atoms with Crippen molar-refractivity contribution >= 4 is 40.2 Å². The fourth-order valence-corrected chi connectivity index (χ4v) is 3.14. The molecule has 0 spiro atoms. The zero-order valence-corrected chi connectivity index (χ0v) is 14.6. The molecule has 6 nitrogen and oxygen atoms in total. The maximum absolute atomic E-state index is 12.7. The minimum absolute atomic E-state index is 0.191. The maximum Gasteiger partial charge on any atom is 0.318 e. The van der Waals surface area contributed by atoms with E-state index in [4.69, 9.17) is 21.1 Å². The molecule has 0 radical (unpaired) electrons. The molecule has 124 valence electrons. The van der Waals surface area contributed by atoms with E-state index in [0.717, 1.165) is 0 Å². The molecule has 1 aromatic heterocycles. The van der Waals surface area contributed by atoms with Gasteiger partial charge in [0.2, 0.25) is 0 Å². The van der Waals surface area contributed by atoms with Crippen LogP contribution in [0.25, 0.3) is 10.9 Å². The highest BCUT2D eigenvalue weighted by atomic mass is 35.5. The van der Waals surface area contributed by atoms with Crippen molar-refractivity contribution in [3.8, 4) is 0 Å². The summed E-state index contributed by atoms with van der Waals surface area (Å²) in [6.07, 6.45) is 0. The SMILES string of the molecule is COCCn1c(SC(C)C(=O)OC)nc2cc(Cl)ccc2c1=O. The molecule has 2 aromatic rings. The first kappa shape index (κ1) is 17.8. The zero-order valence-electron chi connectivity index (χ0n) is 13.0. The number of rotatable bonds is 6. The number of hydrogen-bond acceptors (Lipinski definition) is 6. The molecule has 0 aliphatic heterocycles. The van der Waals surface area contributed by atoms with Crippen LogP contribution in [-0.4, -0.2) is 41.6 Å². The summed E-state index contributed by atoms with van der Waals surface area (Å²) >= 11 is 7.14. The largest absolute Gasteiger partial charge is 0.468 e.